The van der Waals surface area contributed by atoms with Crippen molar-refractivity contribution in [1.82, 2.24) is 0 Å². The third-order valence-corrected chi connectivity index (χ3v) is 11.8. The number of rotatable bonds is 17. The highest BCUT2D eigenvalue weighted by Gasteiger charge is 2.70. The zero-order chi connectivity index (χ0) is 45.6. The zero-order valence-corrected chi connectivity index (χ0v) is 34.3. The highest BCUT2D eigenvalue weighted by molar-refractivity contribution is 7.87. The molecule has 64 heavy (non-hydrogen) atoms. The fourth-order valence-corrected chi connectivity index (χ4v) is 8.35. The van der Waals surface area contributed by atoms with Crippen LogP contribution < -0.4 is 0 Å². The lowest BCUT2D eigenvalue weighted by molar-refractivity contribution is -0.394. The Hall–Kier alpha value is -6.98. The first-order valence-corrected chi connectivity index (χ1v) is 21.0. The molecule has 0 aliphatic carbocycles. The van der Waals surface area contributed by atoms with Gasteiger partial charge in [0.25, 0.3) is 11.5 Å². The van der Waals surface area contributed by atoms with Crippen LogP contribution >= 0.6 is 0 Å². The van der Waals surface area contributed by atoms with Crippen molar-refractivity contribution in [3.63, 3.8) is 0 Å². The molecule has 0 amide bonds. The van der Waals surface area contributed by atoms with E-state index in [0.29, 0.717) is 28.8 Å². The molecule has 15 heteroatoms. The first-order chi connectivity index (χ1) is 30.7. The van der Waals surface area contributed by atoms with Crippen LogP contribution in [0.15, 0.2) is 211 Å². The van der Waals surface area contributed by atoms with E-state index in [9.17, 15) is 38.6 Å². The SMILES string of the molecule is O=C(OS(=O)(=O)c1ccc([N+](=O)[O-])cc1)C(F)(F)[C@](O)(OC(c1ccccc1)(c1ccccc1)c1ccccc1)[C@H](O)C(O)OC(c1ccccc1)(c1ccccc1)c1ccccc1. The molecule has 0 aromatic heterocycles. The van der Waals surface area contributed by atoms with Crippen molar-refractivity contribution in [3.05, 3.63) is 250 Å². The molecule has 0 spiro atoms. The van der Waals surface area contributed by atoms with Gasteiger partial charge in [0.15, 0.2) is 12.4 Å². The number of aliphatic hydroxyl groups is 3. The summed E-state index contributed by atoms with van der Waals surface area (Å²) in [4.78, 5) is 23.4. The quantitative estimate of drug-likeness (QED) is 0.0266. The summed E-state index contributed by atoms with van der Waals surface area (Å²) in [5.74, 6) is -13.3. The molecular weight excluding hydrogens is 849 g/mol. The predicted octanol–water partition coefficient (Wildman–Crippen LogP) is 7.85. The van der Waals surface area contributed by atoms with E-state index >= 15 is 8.78 Å². The largest absolute Gasteiger partial charge is 0.399 e. The lowest BCUT2D eigenvalue weighted by Gasteiger charge is -2.47. The van der Waals surface area contributed by atoms with E-state index in [-0.39, 0.29) is 16.7 Å². The van der Waals surface area contributed by atoms with Crippen LogP contribution in [0.4, 0.5) is 14.5 Å². The number of carbonyl (C=O) groups excluding carboxylic acids is 1. The second-order valence-electron chi connectivity index (χ2n) is 14.5. The van der Waals surface area contributed by atoms with Gasteiger partial charge in [-0.3, -0.25) is 10.1 Å². The van der Waals surface area contributed by atoms with Gasteiger partial charge in [-0.25, -0.2) is 4.79 Å². The second-order valence-corrected chi connectivity index (χ2v) is 16.0. The van der Waals surface area contributed by atoms with Gasteiger partial charge >= 0.3 is 22.0 Å². The third kappa shape index (κ3) is 8.43. The summed E-state index contributed by atoms with van der Waals surface area (Å²) in [5.41, 5.74) is -3.69. The summed E-state index contributed by atoms with van der Waals surface area (Å²) in [6.07, 6.45) is -6.27. The van der Waals surface area contributed by atoms with Crippen molar-refractivity contribution in [3.8, 4) is 0 Å². The Bertz CT molecular complexity index is 2580. The number of benzene rings is 7. The standard InChI is InChI=1S/C49H39F2NO11S/c50-48(51,45(55)62-64(59,60)42-33-31-41(32-34-42)52(57)58)49(56,63-47(38-25-13-4-14-26-38,39-27-15-5-16-28-39)40-29-17-6-18-30-40)43(53)44(54)61-46(35-19-7-1-8-20-35,36-21-9-2-10-22-36)37-23-11-3-12-24-37/h1-34,43-44,53-54,56H/t43-,44?,49-/m1/s1. The van der Waals surface area contributed by atoms with Crippen LogP contribution in [0.2, 0.25) is 0 Å². The molecule has 0 radical (unpaired) electrons. The van der Waals surface area contributed by atoms with Crippen LogP contribution in [-0.2, 0) is 39.8 Å². The second kappa shape index (κ2) is 18.4. The third-order valence-electron chi connectivity index (χ3n) is 10.6. The smallest absolute Gasteiger partial charge is 0.382 e. The molecule has 0 aliphatic rings. The first kappa shape index (κ1) is 45.1. The van der Waals surface area contributed by atoms with Gasteiger partial charge in [-0.15, -0.1) is 0 Å². The molecule has 0 heterocycles. The Morgan fingerprint density at radius 1 is 0.547 bits per heavy atom. The van der Waals surface area contributed by atoms with Crippen LogP contribution in [0.1, 0.15) is 33.4 Å². The minimum absolute atomic E-state index is 0.0725. The number of hydrogen-bond donors (Lipinski definition) is 3. The molecule has 7 aromatic rings. The van der Waals surface area contributed by atoms with E-state index < -0.39 is 66.9 Å². The Labute approximate surface area is 366 Å². The summed E-state index contributed by atoms with van der Waals surface area (Å²) in [6, 6.07) is 50.6. The number of carbonyl (C=O) groups is 1. The Kier molecular flexibility index (Phi) is 12.9. The van der Waals surface area contributed by atoms with Gasteiger partial charge in [0.05, 0.1) is 4.92 Å². The first-order valence-electron chi connectivity index (χ1n) is 19.6. The molecule has 0 fully saturated rings. The number of nitro groups is 1. The van der Waals surface area contributed by atoms with Gasteiger partial charge in [-0.1, -0.05) is 182 Å². The van der Waals surface area contributed by atoms with Crippen LogP contribution in [0, 0.1) is 10.1 Å². The van der Waals surface area contributed by atoms with Crippen LogP contribution in [-0.4, -0.2) is 58.7 Å². The van der Waals surface area contributed by atoms with Gasteiger partial charge < -0.3 is 29.0 Å². The van der Waals surface area contributed by atoms with Gasteiger partial charge in [0, 0.05) is 12.1 Å². The molecule has 0 aliphatic heterocycles. The lowest BCUT2D eigenvalue weighted by Crippen LogP contribution is -2.68. The summed E-state index contributed by atoms with van der Waals surface area (Å²) >= 11 is 0. The average Bonchev–Trinajstić information content (AvgIpc) is 3.33. The lowest BCUT2D eigenvalue weighted by atomic mass is 9.79. The maximum absolute atomic E-state index is 17.6. The molecule has 12 nitrogen and oxygen atoms in total. The van der Waals surface area contributed by atoms with Crippen molar-refractivity contribution < 1.29 is 55.9 Å². The number of ether oxygens (including phenoxy) is 2. The Balaban J connectivity index is 1.44. The molecule has 1 unspecified atom stereocenters. The number of alkyl halides is 2. The van der Waals surface area contributed by atoms with Gasteiger partial charge in [-0.05, 0) is 45.5 Å². The highest BCUT2D eigenvalue weighted by atomic mass is 32.2. The number of nitro benzene ring substituents is 1. The molecule has 7 aromatic carbocycles. The molecule has 0 saturated heterocycles. The molecular formula is C49H39F2NO11S. The summed E-state index contributed by atoms with van der Waals surface area (Å²) < 4.78 is 79.2. The monoisotopic (exact) mass is 887 g/mol. The average molecular weight is 888 g/mol. The predicted molar refractivity (Wildman–Crippen MR) is 229 cm³/mol. The van der Waals surface area contributed by atoms with Gasteiger partial charge in [-0.2, -0.15) is 17.2 Å². The van der Waals surface area contributed by atoms with Crippen LogP contribution in [0.3, 0.4) is 0 Å². The van der Waals surface area contributed by atoms with Crippen LogP contribution in [0.25, 0.3) is 0 Å². The number of aliphatic hydroxyl groups excluding tert-OH is 2. The molecule has 0 saturated carbocycles. The fourth-order valence-electron chi connectivity index (χ4n) is 7.48. The fraction of sp³-hybridized carbons (Fsp3) is 0.122. The summed E-state index contributed by atoms with van der Waals surface area (Å²) in [5, 5.41) is 48.6. The number of halogens is 2. The van der Waals surface area contributed by atoms with E-state index in [2.05, 4.69) is 4.18 Å². The number of nitrogens with zero attached hydrogens (tertiary/aromatic N) is 1. The van der Waals surface area contributed by atoms with Crippen molar-refractivity contribution in [2.75, 3.05) is 0 Å². The summed E-state index contributed by atoms with van der Waals surface area (Å²) in [7, 11) is -5.52. The normalized spacial score (nSPS) is 14.1. The van der Waals surface area contributed by atoms with E-state index in [4.69, 9.17) is 9.47 Å². The molecule has 0 bridgehead atoms. The van der Waals surface area contributed by atoms with E-state index in [0.717, 1.165) is 12.1 Å². The highest BCUT2D eigenvalue weighted by Crippen LogP contribution is 2.50. The number of non-ortho nitro benzene ring substituents is 1. The topological polar surface area (TPSA) is 183 Å². The van der Waals surface area contributed by atoms with Crippen molar-refractivity contribution in [1.29, 1.82) is 0 Å². The maximum atomic E-state index is 17.6. The maximum Gasteiger partial charge on any atom is 0.399 e. The Morgan fingerprint density at radius 3 is 1.17 bits per heavy atom. The van der Waals surface area contributed by atoms with E-state index in [1.54, 1.807) is 146 Å². The van der Waals surface area contributed by atoms with Crippen molar-refractivity contribution in [2.24, 2.45) is 0 Å². The van der Waals surface area contributed by atoms with E-state index in [1.807, 2.05) is 0 Å². The molecule has 3 N–H and O–H groups in total. The summed E-state index contributed by atoms with van der Waals surface area (Å²) in [6.45, 7) is 0. The molecule has 7 rings (SSSR count). The van der Waals surface area contributed by atoms with E-state index in [1.165, 1.54) is 36.4 Å². The van der Waals surface area contributed by atoms with Crippen molar-refractivity contribution in [2.45, 2.75) is 40.2 Å². The zero-order valence-electron chi connectivity index (χ0n) is 33.5. The number of hydrogen-bond acceptors (Lipinski definition) is 11. The minimum Gasteiger partial charge on any atom is -0.382 e. The Morgan fingerprint density at radius 2 is 0.859 bits per heavy atom. The minimum atomic E-state index is -5.62. The van der Waals surface area contributed by atoms with Gasteiger partial charge in [0.2, 0.25) is 0 Å². The van der Waals surface area contributed by atoms with Gasteiger partial charge in [0.1, 0.15) is 16.1 Å². The van der Waals surface area contributed by atoms with Crippen LogP contribution in [0.5, 0.6) is 0 Å². The van der Waals surface area contributed by atoms with Crippen molar-refractivity contribution >= 4 is 21.8 Å². The molecule has 326 valence electrons. The molecule has 3 atom stereocenters.